The molecular weight excluding hydrogens is 228 g/mol. The van der Waals surface area contributed by atoms with E-state index in [9.17, 15) is 4.79 Å². The molecule has 0 bridgehead atoms. The van der Waals surface area contributed by atoms with Crippen molar-refractivity contribution in [1.82, 2.24) is 0 Å². The lowest BCUT2D eigenvalue weighted by Gasteiger charge is -2.00. The average Bonchev–Trinajstić information content (AvgIpc) is 2.82. The van der Waals surface area contributed by atoms with Crippen molar-refractivity contribution in [1.29, 1.82) is 0 Å². The Kier molecular flexibility index (Phi) is 2.38. The first-order valence-corrected chi connectivity index (χ1v) is 5.55. The summed E-state index contributed by atoms with van der Waals surface area (Å²) in [5.74, 6) is -0.926. The van der Waals surface area contributed by atoms with Crippen LogP contribution in [-0.4, -0.2) is 11.1 Å². The Morgan fingerprint density at radius 1 is 1.06 bits per heavy atom. The highest BCUT2D eigenvalue weighted by molar-refractivity contribution is 5.96. The number of para-hydroxylation sites is 1. The van der Waals surface area contributed by atoms with Gasteiger partial charge < -0.3 is 9.52 Å². The Labute approximate surface area is 103 Å². The maximum absolute atomic E-state index is 11.0. The van der Waals surface area contributed by atoms with Crippen molar-refractivity contribution < 1.29 is 14.3 Å². The van der Waals surface area contributed by atoms with Gasteiger partial charge in [-0.2, -0.15) is 0 Å². The number of carboxylic acid groups (broad SMARTS) is 1. The first-order chi connectivity index (χ1) is 8.75. The van der Waals surface area contributed by atoms with Crippen molar-refractivity contribution in [2.24, 2.45) is 0 Å². The Balaban J connectivity index is 2.20. The normalized spacial score (nSPS) is 10.7. The number of aromatic carboxylic acids is 1. The fourth-order valence-corrected chi connectivity index (χ4v) is 2.02. The second-order valence-corrected chi connectivity index (χ2v) is 4.03. The molecule has 1 heterocycles. The third-order valence-electron chi connectivity index (χ3n) is 2.90. The summed E-state index contributed by atoms with van der Waals surface area (Å²) in [6, 6.07) is 14.5. The molecule has 2 aromatic carbocycles. The standard InChI is InChI=1S/C15H10O3/c16-15(17)11-5-3-4-10(8-11)13-9-18-14-7-2-1-6-12(13)14/h1-9H,(H,16,17). The van der Waals surface area contributed by atoms with E-state index in [1.54, 1.807) is 24.5 Å². The minimum atomic E-state index is -0.926. The lowest BCUT2D eigenvalue weighted by atomic mass is 10.0. The van der Waals surface area contributed by atoms with E-state index in [1.165, 1.54) is 0 Å². The van der Waals surface area contributed by atoms with Gasteiger partial charge in [-0.15, -0.1) is 0 Å². The van der Waals surface area contributed by atoms with Crippen LogP contribution in [0.2, 0.25) is 0 Å². The molecule has 0 saturated heterocycles. The summed E-state index contributed by atoms with van der Waals surface area (Å²) in [5, 5.41) is 9.98. The van der Waals surface area contributed by atoms with Crippen molar-refractivity contribution in [3.05, 3.63) is 60.4 Å². The van der Waals surface area contributed by atoms with Gasteiger partial charge in [0.2, 0.25) is 0 Å². The van der Waals surface area contributed by atoms with Crippen molar-refractivity contribution >= 4 is 16.9 Å². The van der Waals surface area contributed by atoms with Gasteiger partial charge in [-0.1, -0.05) is 30.3 Å². The number of rotatable bonds is 2. The molecule has 88 valence electrons. The van der Waals surface area contributed by atoms with E-state index in [0.29, 0.717) is 0 Å². The van der Waals surface area contributed by atoms with Crippen LogP contribution in [-0.2, 0) is 0 Å². The van der Waals surface area contributed by atoms with Gasteiger partial charge in [0.15, 0.2) is 0 Å². The summed E-state index contributed by atoms with van der Waals surface area (Å²) in [4.78, 5) is 11.0. The van der Waals surface area contributed by atoms with Crippen molar-refractivity contribution in [3.63, 3.8) is 0 Å². The van der Waals surface area contributed by atoms with Crippen LogP contribution >= 0.6 is 0 Å². The number of fused-ring (bicyclic) bond motifs is 1. The number of hydrogen-bond donors (Lipinski definition) is 1. The van der Waals surface area contributed by atoms with E-state index >= 15 is 0 Å². The zero-order valence-corrected chi connectivity index (χ0v) is 9.46. The Hall–Kier alpha value is -2.55. The molecule has 0 atom stereocenters. The number of hydrogen-bond acceptors (Lipinski definition) is 2. The van der Waals surface area contributed by atoms with Gasteiger partial charge in [0.05, 0.1) is 11.8 Å². The van der Waals surface area contributed by atoms with Gasteiger partial charge in [0.25, 0.3) is 0 Å². The summed E-state index contributed by atoms with van der Waals surface area (Å²) in [6.07, 6.45) is 1.66. The van der Waals surface area contributed by atoms with Gasteiger partial charge in [-0.25, -0.2) is 4.79 Å². The van der Waals surface area contributed by atoms with Crippen LogP contribution < -0.4 is 0 Å². The highest BCUT2D eigenvalue weighted by Gasteiger charge is 2.09. The zero-order chi connectivity index (χ0) is 12.5. The van der Waals surface area contributed by atoms with Crippen molar-refractivity contribution in [2.75, 3.05) is 0 Å². The molecule has 0 fully saturated rings. The third-order valence-corrected chi connectivity index (χ3v) is 2.90. The molecule has 3 nitrogen and oxygen atoms in total. The van der Waals surface area contributed by atoms with E-state index in [0.717, 1.165) is 22.1 Å². The molecule has 0 saturated carbocycles. The van der Waals surface area contributed by atoms with E-state index in [1.807, 2.05) is 30.3 Å². The van der Waals surface area contributed by atoms with Crippen molar-refractivity contribution in [3.8, 4) is 11.1 Å². The molecule has 0 unspecified atom stereocenters. The molecule has 0 amide bonds. The summed E-state index contributed by atoms with van der Waals surface area (Å²) >= 11 is 0. The van der Waals surface area contributed by atoms with Crippen LogP contribution in [0.3, 0.4) is 0 Å². The van der Waals surface area contributed by atoms with Gasteiger partial charge >= 0.3 is 5.97 Å². The van der Waals surface area contributed by atoms with Gasteiger partial charge in [0.1, 0.15) is 5.58 Å². The molecule has 1 N–H and O–H groups in total. The Bertz CT molecular complexity index is 725. The maximum atomic E-state index is 11.0. The van der Waals surface area contributed by atoms with Crippen LogP contribution in [0.1, 0.15) is 10.4 Å². The van der Waals surface area contributed by atoms with Crippen LogP contribution in [0.4, 0.5) is 0 Å². The third kappa shape index (κ3) is 1.66. The smallest absolute Gasteiger partial charge is 0.335 e. The molecular formula is C15H10O3. The molecule has 1 aromatic heterocycles. The quantitative estimate of drug-likeness (QED) is 0.738. The number of benzene rings is 2. The number of carboxylic acids is 1. The number of furan rings is 1. The van der Waals surface area contributed by atoms with Crippen LogP contribution in [0, 0.1) is 0 Å². The molecule has 0 aliphatic heterocycles. The molecule has 3 heteroatoms. The fraction of sp³-hybridized carbons (Fsp3) is 0. The predicted molar refractivity (Wildman–Crippen MR) is 68.6 cm³/mol. The Morgan fingerprint density at radius 3 is 2.72 bits per heavy atom. The fourth-order valence-electron chi connectivity index (χ4n) is 2.02. The summed E-state index contributed by atoms with van der Waals surface area (Å²) in [5.41, 5.74) is 2.83. The predicted octanol–water partition coefficient (Wildman–Crippen LogP) is 3.80. The first-order valence-electron chi connectivity index (χ1n) is 5.55. The molecule has 0 aliphatic carbocycles. The largest absolute Gasteiger partial charge is 0.478 e. The minimum Gasteiger partial charge on any atom is -0.478 e. The number of carbonyl (C=O) groups is 1. The topological polar surface area (TPSA) is 50.4 Å². The highest BCUT2D eigenvalue weighted by atomic mass is 16.4. The van der Waals surface area contributed by atoms with Crippen LogP contribution in [0.15, 0.2) is 59.2 Å². The average molecular weight is 238 g/mol. The van der Waals surface area contributed by atoms with E-state index in [-0.39, 0.29) is 5.56 Å². The van der Waals surface area contributed by atoms with E-state index < -0.39 is 5.97 Å². The van der Waals surface area contributed by atoms with Gasteiger partial charge in [-0.3, -0.25) is 0 Å². The van der Waals surface area contributed by atoms with Crippen molar-refractivity contribution in [2.45, 2.75) is 0 Å². The van der Waals surface area contributed by atoms with Crippen LogP contribution in [0.25, 0.3) is 22.1 Å². The summed E-state index contributed by atoms with van der Waals surface area (Å²) < 4.78 is 5.46. The second-order valence-electron chi connectivity index (χ2n) is 4.03. The molecule has 0 spiro atoms. The zero-order valence-electron chi connectivity index (χ0n) is 9.46. The van der Waals surface area contributed by atoms with E-state index in [4.69, 9.17) is 9.52 Å². The molecule has 0 aliphatic rings. The minimum absolute atomic E-state index is 0.276. The molecule has 0 radical (unpaired) electrons. The first kappa shape index (κ1) is 10.6. The lowest BCUT2D eigenvalue weighted by Crippen LogP contribution is -1.95. The molecule has 3 rings (SSSR count). The summed E-state index contributed by atoms with van der Waals surface area (Å²) in [7, 11) is 0. The monoisotopic (exact) mass is 238 g/mol. The van der Waals surface area contributed by atoms with Gasteiger partial charge in [0, 0.05) is 10.9 Å². The van der Waals surface area contributed by atoms with Crippen LogP contribution in [0.5, 0.6) is 0 Å². The maximum Gasteiger partial charge on any atom is 0.335 e. The van der Waals surface area contributed by atoms with E-state index in [2.05, 4.69) is 0 Å². The molecule has 18 heavy (non-hydrogen) atoms. The Morgan fingerprint density at radius 2 is 1.89 bits per heavy atom. The second kappa shape index (κ2) is 4.04. The van der Waals surface area contributed by atoms with Gasteiger partial charge in [-0.05, 0) is 23.8 Å². The molecule has 3 aromatic rings. The lowest BCUT2D eigenvalue weighted by molar-refractivity contribution is 0.0697. The SMILES string of the molecule is O=C(O)c1cccc(-c2coc3ccccc23)c1. The highest BCUT2D eigenvalue weighted by Crippen LogP contribution is 2.30. The summed E-state index contributed by atoms with van der Waals surface area (Å²) in [6.45, 7) is 0.